The number of Topliss-reactive ketones (excluding diaryl/α,β-unsaturated/α-hetero) is 1. The molecule has 0 aromatic heterocycles. The van der Waals surface area contributed by atoms with Gasteiger partial charge in [0.25, 0.3) is 5.91 Å². The molecule has 0 fully saturated rings. The summed E-state index contributed by atoms with van der Waals surface area (Å²) in [5.41, 5.74) is 1.04. The molecule has 0 aliphatic heterocycles. The van der Waals surface area contributed by atoms with Crippen molar-refractivity contribution < 1.29 is 9.59 Å². The number of carbonyl (C=O) groups excluding carboxylic acids is 2. The van der Waals surface area contributed by atoms with Gasteiger partial charge in [-0.2, -0.15) is 0 Å². The van der Waals surface area contributed by atoms with E-state index in [1.807, 2.05) is 6.07 Å². The fraction of sp³-hybridized carbons (Fsp3) is 0.133. The Bertz CT molecular complexity index is 672. The summed E-state index contributed by atoms with van der Waals surface area (Å²) < 4.78 is 0. The third kappa shape index (κ3) is 2.42. The highest BCUT2D eigenvalue weighted by Gasteiger charge is 2.30. The molecule has 1 aromatic rings. The maximum absolute atomic E-state index is 12.2. The van der Waals surface area contributed by atoms with E-state index < -0.39 is 5.91 Å². The molecular formula is C15H13ClN2O2. The number of hydrogen-bond donors (Lipinski definition) is 2. The molecule has 1 amide bonds. The van der Waals surface area contributed by atoms with Crippen LogP contribution in [-0.2, 0) is 9.59 Å². The van der Waals surface area contributed by atoms with E-state index in [1.165, 1.54) is 6.92 Å². The summed E-state index contributed by atoms with van der Waals surface area (Å²) in [6, 6.07) is 8.85. The molecule has 0 bridgehead atoms. The van der Waals surface area contributed by atoms with Crippen molar-refractivity contribution in [2.24, 2.45) is 0 Å². The molecule has 2 rings (SSSR count). The Morgan fingerprint density at radius 1 is 1.15 bits per heavy atom. The zero-order chi connectivity index (χ0) is 14.9. The normalized spacial score (nSPS) is 15.8. The molecule has 0 atom stereocenters. The Morgan fingerprint density at radius 2 is 1.75 bits per heavy atom. The molecule has 1 aromatic carbocycles. The van der Waals surface area contributed by atoms with E-state index in [0.717, 1.165) is 0 Å². The van der Waals surface area contributed by atoms with Crippen LogP contribution in [0.5, 0.6) is 0 Å². The third-order valence-electron chi connectivity index (χ3n) is 3.11. The molecule has 0 spiro atoms. The maximum atomic E-state index is 12.2. The van der Waals surface area contributed by atoms with Crippen molar-refractivity contribution in [3.63, 3.8) is 0 Å². The summed E-state index contributed by atoms with van der Waals surface area (Å²) in [6.45, 7) is 3.08. The van der Waals surface area contributed by atoms with Crippen molar-refractivity contribution in [3.05, 3.63) is 52.1 Å². The van der Waals surface area contributed by atoms with Gasteiger partial charge in [0.1, 0.15) is 0 Å². The quantitative estimate of drug-likeness (QED) is 0.821. The Balaban J connectivity index is 2.35. The molecule has 5 heteroatoms. The second-order valence-corrected chi connectivity index (χ2v) is 4.84. The first kappa shape index (κ1) is 14.2. The van der Waals surface area contributed by atoms with Crippen molar-refractivity contribution in [3.8, 4) is 0 Å². The van der Waals surface area contributed by atoms with Crippen molar-refractivity contribution in [1.29, 1.82) is 5.41 Å². The lowest BCUT2D eigenvalue weighted by Crippen LogP contribution is -2.28. The number of rotatable bonds is 2. The summed E-state index contributed by atoms with van der Waals surface area (Å²) >= 11 is 5.94. The first-order valence-electron chi connectivity index (χ1n) is 6.01. The third-order valence-corrected chi connectivity index (χ3v) is 3.59. The molecule has 102 valence electrons. The van der Waals surface area contributed by atoms with Gasteiger partial charge >= 0.3 is 0 Å². The molecule has 1 aliphatic rings. The van der Waals surface area contributed by atoms with Crippen LogP contribution in [0.4, 0.5) is 5.69 Å². The number of nitrogens with one attached hydrogen (secondary N) is 2. The van der Waals surface area contributed by atoms with E-state index >= 15 is 0 Å². The van der Waals surface area contributed by atoms with Gasteiger partial charge in [-0.25, -0.2) is 0 Å². The Labute approximate surface area is 121 Å². The number of amides is 1. The van der Waals surface area contributed by atoms with E-state index in [0.29, 0.717) is 11.3 Å². The van der Waals surface area contributed by atoms with Gasteiger partial charge in [0.15, 0.2) is 5.78 Å². The smallest absolute Gasteiger partial charge is 0.258 e. The van der Waals surface area contributed by atoms with Gasteiger partial charge in [0.2, 0.25) is 0 Å². The minimum atomic E-state index is -0.502. The number of benzene rings is 1. The fourth-order valence-electron chi connectivity index (χ4n) is 1.98. The van der Waals surface area contributed by atoms with Crippen LogP contribution in [0.3, 0.4) is 0 Å². The van der Waals surface area contributed by atoms with Gasteiger partial charge in [-0.05, 0) is 26.0 Å². The van der Waals surface area contributed by atoms with Crippen LogP contribution in [0.25, 0.3) is 0 Å². The van der Waals surface area contributed by atoms with Gasteiger partial charge < -0.3 is 5.32 Å². The topological polar surface area (TPSA) is 70.0 Å². The number of anilines is 1. The van der Waals surface area contributed by atoms with Crippen molar-refractivity contribution in [2.45, 2.75) is 13.8 Å². The minimum Gasteiger partial charge on any atom is -0.322 e. The molecular weight excluding hydrogens is 276 g/mol. The monoisotopic (exact) mass is 288 g/mol. The molecule has 0 unspecified atom stereocenters. The van der Waals surface area contributed by atoms with Gasteiger partial charge in [-0.1, -0.05) is 29.8 Å². The van der Waals surface area contributed by atoms with Gasteiger partial charge in [-0.15, -0.1) is 0 Å². The summed E-state index contributed by atoms with van der Waals surface area (Å²) in [5, 5.41) is 10.6. The first-order valence-corrected chi connectivity index (χ1v) is 6.39. The highest BCUT2D eigenvalue weighted by molar-refractivity contribution is 6.53. The number of halogens is 1. The van der Waals surface area contributed by atoms with Crippen LogP contribution in [-0.4, -0.2) is 17.4 Å². The van der Waals surface area contributed by atoms with Crippen molar-refractivity contribution in [1.82, 2.24) is 0 Å². The Morgan fingerprint density at radius 3 is 2.35 bits per heavy atom. The molecule has 0 saturated heterocycles. The van der Waals surface area contributed by atoms with Crippen LogP contribution in [0, 0.1) is 5.41 Å². The molecule has 1 aliphatic carbocycles. The zero-order valence-corrected chi connectivity index (χ0v) is 11.8. The second kappa shape index (κ2) is 5.43. The lowest BCUT2D eigenvalue weighted by molar-refractivity contribution is -0.114. The average Bonchev–Trinajstić information content (AvgIpc) is 2.44. The average molecular weight is 289 g/mol. The molecule has 20 heavy (non-hydrogen) atoms. The van der Waals surface area contributed by atoms with E-state index in [1.54, 1.807) is 31.2 Å². The maximum Gasteiger partial charge on any atom is 0.258 e. The van der Waals surface area contributed by atoms with Gasteiger partial charge in [-0.3, -0.25) is 15.0 Å². The van der Waals surface area contributed by atoms with E-state index in [9.17, 15) is 9.59 Å². The zero-order valence-electron chi connectivity index (χ0n) is 11.1. The van der Waals surface area contributed by atoms with Crippen molar-refractivity contribution in [2.75, 3.05) is 5.32 Å². The molecule has 0 heterocycles. The first-order chi connectivity index (χ1) is 9.43. The standard InChI is InChI=1S/C15H13ClN2O2/c1-8-11(13(17)12(16)9(2)14(8)19)15(20)18-10-6-4-3-5-7-10/h3-7,17H,1-2H3,(H,18,20). The SMILES string of the molecule is CC1=C(Cl)C(=N)C(C(=O)Nc2ccccc2)=C(C)C1=O. The minimum absolute atomic E-state index is 0.0226. The molecule has 0 saturated carbocycles. The van der Waals surface area contributed by atoms with Crippen LogP contribution in [0.15, 0.2) is 52.1 Å². The Hall–Kier alpha value is -2.20. The second-order valence-electron chi connectivity index (χ2n) is 4.46. The highest BCUT2D eigenvalue weighted by atomic mass is 35.5. The van der Waals surface area contributed by atoms with Crippen LogP contribution in [0.2, 0.25) is 0 Å². The Kier molecular flexibility index (Phi) is 3.86. The van der Waals surface area contributed by atoms with E-state index in [-0.39, 0.29) is 27.7 Å². The number of allylic oxidation sites excluding steroid dienone is 3. The molecule has 2 N–H and O–H groups in total. The number of hydrogen-bond acceptors (Lipinski definition) is 3. The van der Waals surface area contributed by atoms with E-state index in [4.69, 9.17) is 17.0 Å². The predicted molar refractivity (Wildman–Crippen MR) is 79.1 cm³/mol. The van der Waals surface area contributed by atoms with E-state index in [2.05, 4.69) is 5.32 Å². The number of ketones is 1. The number of carbonyl (C=O) groups is 2. The lowest BCUT2D eigenvalue weighted by Gasteiger charge is -2.18. The summed E-state index contributed by atoms with van der Waals surface area (Å²) in [7, 11) is 0. The molecule has 0 radical (unpaired) electrons. The van der Waals surface area contributed by atoms with Crippen LogP contribution >= 0.6 is 11.6 Å². The summed E-state index contributed by atoms with van der Waals surface area (Å²) in [5.74, 6) is -0.804. The number of para-hydroxylation sites is 1. The highest BCUT2D eigenvalue weighted by Crippen LogP contribution is 2.27. The fourth-order valence-corrected chi connectivity index (χ4v) is 2.16. The predicted octanol–water partition coefficient (Wildman–Crippen LogP) is 3.06. The largest absolute Gasteiger partial charge is 0.322 e. The van der Waals surface area contributed by atoms with Crippen LogP contribution in [0.1, 0.15) is 13.8 Å². The lowest BCUT2D eigenvalue weighted by atomic mass is 9.90. The van der Waals surface area contributed by atoms with Crippen molar-refractivity contribution >= 4 is 34.7 Å². The summed E-state index contributed by atoms with van der Waals surface area (Å²) in [4.78, 5) is 24.2. The summed E-state index contributed by atoms with van der Waals surface area (Å²) in [6.07, 6.45) is 0. The van der Waals surface area contributed by atoms with Gasteiger partial charge in [0, 0.05) is 16.8 Å². The van der Waals surface area contributed by atoms with Crippen LogP contribution < -0.4 is 5.32 Å². The molecule has 4 nitrogen and oxygen atoms in total. The van der Waals surface area contributed by atoms with Gasteiger partial charge in [0.05, 0.1) is 16.3 Å².